The van der Waals surface area contributed by atoms with Gasteiger partial charge in [0.25, 0.3) is 5.91 Å². The third-order valence-corrected chi connectivity index (χ3v) is 3.70. The smallest absolute Gasteiger partial charge is 0.252 e. The maximum Gasteiger partial charge on any atom is 0.252 e. The first-order chi connectivity index (χ1) is 11.4. The Morgan fingerprint density at radius 3 is 2.58 bits per heavy atom. The minimum Gasteiger partial charge on any atom is -0.494 e. The zero-order chi connectivity index (χ0) is 17.7. The Hall–Kier alpha value is -1.77. The number of amides is 1. The van der Waals surface area contributed by atoms with E-state index in [0.717, 1.165) is 6.42 Å². The fraction of sp³-hybridized carbons (Fsp3) is 0.688. The molecular formula is C16H26N2O6. The first kappa shape index (κ1) is 18.6. The van der Waals surface area contributed by atoms with Crippen LogP contribution in [0.4, 0.5) is 0 Å². The fourth-order valence-electron chi connectivity index (χ4n) is 2.57. The molecule has 0 bridgehead atoms. The maximum atomic E-state index is 11.9. The lowest BCUT2D eigenvalue weighted by Gasteiger charge is -2.15. The summed E-state index contributed by atoms with van der Waals surface area (Å²) in [5.41, 5.74) is 0. The monoisotopic (exact) mass is 342 g/mol. The Morgan fingerprint density at radius 2 is 1.96 bits per heavy atom. The molecule has 1 aromatic heterocycles. The van der Waals surface area contributed by atoms with Gasteiger partial charge in [0.15, 0.2) is 17.9 Å². The Morgan fingerprint density at radius 1 is 1.29 bits per heavy atom. The summed E-state index contributed by atoms with van der Waals surface area (Å²) in [5, 5.41) is 21.8. The number of nitrogens with zero attached hydrogens (tertiary/aromatic N) is 1. The molecule has 1 saturated heterocycles. The van der Waals surface area contributed by atoms with Gasteiger partial charge in [0.2, 0.25) is 0 Å². The van der Waals surface area contributed by atoms with Crippen LogP contribution in [0.25, 0.3) is 0 Å². The fourth-order valence-corrected chi connectivity index (χ4v) is 2.57. The molecule has 2 heterocycles. The summed E-state index contributed by atoms with van der Waals surface area (Å²) in [6.07, 6.45) is 0.132. The third kappa shape index (κ3) is 5.40. The summed E-state index contributed by atoms with van der Waals surface area (Å²) in [4.78, 5) is 21.9. The molecule has 1 aromatic rings. The van der Waals surface area contributed by atoms with Crippen LogP contribution in [0, 0.1) is 5.92 Å². The molecule has 1 fully saturated rings. The van der Waals surface area contributed by atoms with Crippen molar-refractivity contribution in [1.29, 1.82) is 0 Å². The molecule has 24 heavy (non-hydrogen) atoms. The van der Waals surface area contributed by atoms with E-state index in [2.05, 4.69) is 19.2 Å². The van der Waals surface area contributed by atoms with Crippen molar-refractivity contribution in [3.05, 3.63) is 12.1 Å². The quantitative estimate of drug-likeness (QED) is 0.255. The van der Waals surface area contributed by atoms with Gasteiger partial charge < -0.3 is 20.3 Å². The average molecular weight is 342 g/mol. The molecule has 3 N–H and O–H groups in total. The van der Waals surface area contributed by atoms with E-state index in [-0.39, 0.29) is 49.6 Å². The van der Waals surface area contributed by atoms with Gasteiger partial charge in [-0.1, -0.05) is 13.8 Å². The predicted octanol–water partition coefficient (Wildman–Crippen LogP) is 1.17. The van der Waals surface area contributed by atoms with Crippen LogP contribution in [0.3, 0.4) is 0 Å². The van der Waals surface area contributed by atoms with E-state index in [1.807, 2.05) is 6.92 Å². The molecular weight excluding hydrogens is 316 g/mol. The SMILES string of the molecule is CC(C)C[C@@H](C)NC(=O)C1OC1COOCCn1c(O)ccc1O. The highest BCUT2D eigenvalue weighted by Crippen LogP contribution is 2.23. The molecule has 1 amide bonds. The molecule has 8 nitrogen and oxygen atoms in total. The van der Waals surface area contributed by atoms with Crippen molar-refractivity contribution in [3.8, 4) is 11.8 Å². The minimum absolute atomic E-state index is 0.0473. The molecule has 136 valence electrons. The number of rotatable bonds is 10. The van der Waals surface area contributed by atoms with E-state index in [0.29, 0.717) is 5.92 Å². The summed E-state index contributed by atoms with van der Waals surface area (Å²) < 4.78 is 6.55. The van der Waals surface area contributed by atoms with Gasteiger partial charge >= 0.3 is 0 Å². The van der Waals surface area contributed by atoms with Crippen LogP contribution in [-0.4, -0.2) is 52.2 Å². The molecule has 1 aliphatic rings. The van der Waals surface area contributed by atoms with Gasteiger partial charge in [-0.15, -0.1) is 0 Å². The van der Waals surface area contributed by atoms with Crippen molar-refractivity contribution in [2.75, 3.05) is 13.2 Å². The molecule has 8 heteroatoms. The van der Waals surface area contributed by atoms with Crippen molar-refractivity contribution in [3.63, 3.8) is 0 Å². The number of carbonyl (C=O) groups is 1. The first-order valence-corrected chi connectivity index (χ1v) is 8.16. The number of epoxide rings is 1. The van der Waals surface area contributed by atoms with E-state index >= 15 is 0 Å². The number of ether oxygens (including phenoxy) is 1. The molecule has 0 aliphatic carbocycles. The molecule has 2 unspecified atom stereocenters. The van der Waals surface area contributed by atoms with Crippen LogP contribution in [0.5, 0.6) is 11.8 Å². The summed E-state index contributed by atoms with van der Waals surface area (Å²) in [6.45, 7) is 6.73. The second kappa shape index (κ2) is 8.36. The molecule has 1 aliphatic heterocycles. The highest BCUT2D eigenvalue weighted by atomic mass is 17.2. The van der Waals surface area contributed by atoms with Gasteiger partial charge in [-0.3, -0.25) is 9.36 Å². The lowest BCUT2D eigenvalue weighted by atomic mass is 10.1. The highest BCUT2D eigenvalue weighted by molar-refractivity contribution is 5.83. The number of nitrogens with one attached hydrogen (secondary N) is 1. The van der Waals surface area contributed by atoms with Crippen LogP contribution >= 0.6 is 0 Å². The van der Waals surface area contributed by atoms with Crippen molar-refractivity contribution < 1.29 is 29.5 Å². The molecule has 0 aromatic carbocycles. The lowest BCUT2D eigenvalue weighted by molar-refractivity contribution is -0.297. The van der Waals surface area contributed by atoms with E-state index in [4.69, 9.17) is 14.5 Å². The Balaban J connectivity index is 1.56. The zero-order valence-corrected chi connectivity index (χ0v) is 14.3. The first-order valence-electron chi connectivity index (χ1n) is 8.16. The van der Waals surface area contributed by atoms with Crippen LogP contribution in [0.2, 0.25) is 0 Å². The Kier molecular flexibility index (Phi) is 6.47. The van der Waals surface area contributed by atoms with Crippen LogP contribution in [0.1, 0.15) is 27.2 Å². The summed E-state index contributed by atoms with van der Waals surface area (Å²) in [6, 6.07) is 2.89. The minimum atomic E-state index is -0.485. The number of hydrogen-bond acceptors (Lipinski definition) is 6. The molecule has 0 radical (unpaired) electrons. The number of carbonyl (C=O) groups excluding carboxylic acids is 1. The summed E-state index contributed by atoms with van der Waals surface area (Å²) in [5.74, 6) is 0.300. The Labute approximate surface area is 141 Å². The lowest BCUT2D eigenvalue weighted by Crippen LogP contribution is -2.37. The van der Waals surface area contributed by atoms with Gasteiger partial charge in [0, 0.05) is 18.2 Å². The number of aromatic hydroxyl groups is 2. The normalized spacial score (nSPS) is 21.0. The van der Waals surface area contributed by atoms with Crippen molar-refractivity contribution in [1.82, 2.24) is 9.88 Å². The van der Waals surface area contributed by atoms with Crippen LogP contribution in [-0.2, 0) is 25.9 Å². The molecule has 3 atom stereocenters. The standard InChI is InChI=1S/C16H26N2O6/c1-10(2)8-11(3)17-16(21)15-12(24-15)9-23-22-7-6-18-13(19)4-5-14(18)20/h4-5,10-12,15,19-20H,6-9H2,1-3H3,(H,17,21)/t11-,12?,15?/m1/s1. The van der Waals surface area contributed by atoms with E-state index in [9.17, 15) is 15.0 Å². The summed E-state index contributed by atoms with van der Waals surface area (Å²) >= 11 is 0. The topological polar surface area (TPSA) is 105 Å². The van der Waals surface area contributed by atoms with Gasteiger partial charge in [-0.25, -0.2) is 9.78 Å². The predicted molar refractivity (Wildman–Crippen MR) is 85.4 cm³/mol. The van der Waals surface area contributed by atoms with Crippen molar-refractivity contribution in [2.24, 2.45) is 5.92 Å². The van der Waals surface area contributed by atoms with Crippen LogP contribution in [0.15, 0.2) is 12.1 Å². The Bertz CT molecular complexity index is 525. The van der Waals surface area contributed by atoms with Crippen LogP contribution < -0.4 is 5.32 Å². The van der Waals surface area contributed by atoms with E-state index in [1.165, 1.54) is 16.7 Å². The largest absolute Gasteiger partial charge is 0.494 e. The van der Waals surface area contributed by atoms with E-state index < -0.39 is 6.10 Å². The number of hydrogen-bond donors (Lipinski definition) is 3. The van der Waals surface area contributed by atoms with Gasteiger partial charge in [-0.2, -0.15) is 0 Å². The second-order valence-corrected chi connectivity index (χ2v) is 6.44. The maximum absolute atomic E-state index is 11.9. The van der Waals surface area contributed by atoms with Crippen molar-refractivity contribution >= 4 is 5.91 Å². The van der Waals surface area contributed by atoms with Gasteiger partial charge in [-0.05, 0) is 19.3 Å². The van der Waals surface area contributed by atoms with Crippen molar-refractivity contribution in [2.45, 2.75) is 52.0 Å². The zero-order valence-electron chi connectivity index (χ0n) is 14.3. The second-order valence-electron chi connectivity index (χ2n) is 6.44. The summed E-state index contributed by atoms with van der Waals surface area (Å²) in [7, 11) is 0. The molecule has 0 spiro atoms. The number of aromatic nitrogens is 1. The molecule has 2 rings (SSSR count). The van der Waals surface area contributed by atoms with E-state index in [1.54, 1.807) is 0 Å². The highest BCUT2D eigenvalue weighted by Gasteiger charge is 2.45. The van der Waals surface area contributed by atoms with Gasteiger partial charge in [0.1, 0.15) is 19.3 Å². The van der Waals surface area contributed by atoms with Gasteiger partial charge in [0.05, 0.1) is 6.54 Å². The average Bonchev–Trinajstić information content (AvgIpc) is 3.20. The molecule has 0 saturated carbocycles. The third-order valence-electron chi connectivity index (χ3n) is 3.70.